The molecule has 1 aromatic heterocycles. The van der Waals surface area contributed by atoms with Gasteiger partial charge in [-0.1, -0.05) is 24.3 Å². The normalized spacial score (nSPS) is 17.1. The molecule has 0 spiro atoms. The zero-order chi connectivity index (χ0) is 14.3. The lowest BCUT2D eigenvalue weighted by Gasteiger charge is -2.24. The molecule has 104 valence electrons. The zero-order valence-corrected chi connectivity index (χ0v) is 13.1. The van der Waals surface area contributed by atoms with Crippen LogP contribution in [0.2, 0.25) is 0 Å². The highest BCUT2D eigenvalue weighted by Crippen LogP contribution is 2.35. The molecule has 20 heavy (non-hydrogen) atoms. The van der Waals surface area contributed by atoms with Crippen LogP contribution in [0.15, 0.2) is 28.7 Å². The van der Waals surface area contributed by atoms with Gasteiger partial charge in [-0.3, -0.25) is 9.89 Å². The number of halogens is 1. The van der Waals surface area contributed by atoms with Crippen LogP contribution in [0, 0.1) is 6.92 Å². The number of nitrogens with one attached hydrogen (secondary N) is 1. The van der Waals surface area contributed by atoms with Crippen molar-refractivity contribution in [3.8, 4) is 0 Å². The van der Waals surface area contributed by atoms with Gasteiger partial charge in [0, 0.05) is 12.7 Å². The third kappa shape index (κ3) is 2.06. The molecule has 1 atom stereocenters. The number of rotatable bonds is 2. The van der Waals surface area contributed by atoms with Crippen molar-refractivity contribution in [1.29, 1.82) is 0 Å². The maximum atomic E-state index is 12.6. The molecule has 1 amide bonds. The molecule has 0 saturated carbocycles. The predicted molar refractivity (Wildman–Crippen MR) is 80.6 cm³/mol. The quantitative estimate of drug-likeness (QED) is 0.917. The molecule has 0 bridgehead atoms. The molecule has 1 N–H and O–H groups in total. The topological polar surface area (TPSA) is 49.0 Å². The smallest absolute Gasteiger partial charge is 0.275 e. The molecule has 0 radical (unpaired) electrons. The first-order valence-electron chi connectivity index (χ1n) is 6.65. The van der Waals surface area contributed by atoms with Gasteiger partial charge in [-0.2, -0.15) is 5.10 Å². The predicted octanol–water partition coefficient (Wildman–Crippen LogP) is 3.24. The Bertz CT molecular complexity index is 665. The van der Waals surface area contributed by atoms with Crippen molar-refractivity contribution in [3.63, 3.8) is 0 Å². The zero-order valence-electron chi connectivity index (χ0n) is 11.5. The van der Waals surface area contributed by atoms with Gasteiger partial charge in [0.05, 0.1) is 10.5 Å². The second kappa shape index (κ2) is 5.05. The monoisotopic (exact) mass is 333 g/mol. The maximum absolute atomic E-state index is 12.6. The van der Waals surface area contributed by atoms with Crippen molar-refractivity contribution >= 4 is 21.8 Å². The minimum absolute atomic E-state index is 0.0528. The standard InChI is InChI=1S/C15H16BrN3O/c1-9-13(16)14(18-17-9)15(20)19(2)12-8-7-10-5-3-4-6-11(10)12/h3-6,12H,7-8H2,1-2H3,(H,17,18)/t12-/m1/s1. The van der Waals surface area contributed by atoms with Crippen molar-refractivity contribution in [3.05, 3.63) is 51.3 Å². The summed E-state index contributed by atoms with van der Waals surface area (Å²) in [6.45, 7) is 1.89. The number of aromatic nitrogens is 2. The molecule has 1 aliphatic rings. The number of hydrogen-bond acceptors (Lipinski definition) is 2. The van der Waals surface area contributed by atoms with Gasteiger partial charge in [0.1, 0.15) is 0 Å². The van der Waals surface area contributed by atoms with E-state index in [0.717, 1.165) is 23.0 Å². The lowest BCUT2D eigenvalue weighted by molar-refractivity contribution is 0.0723. The minimum Gasteiger partial charge on any atom is -0.333 e. The Morgan fingerprint density at radius 1 is 1.45 bits per heavy atom. The first-order valence-corrected chi connectivity index (χ1v) is 7.44. The van der Waals surface area contributed by atoms with Crippen molar-refractivity contribution in [2.45, 2.75) is 25.8 Å². The summed E-state index contributed by atoms with van der Waals surface area (Å²) in [7, 11) is 1.85. The van der Waals surface area contributed by atoms with Gasteiger partial charge in [0.15, 0.2) is 5.69 Å². The molecule has 0 unspecified atom stereocenters. The van der Waals surface area contributed by atoms with Crippen LogP contribution >= 0.6 is 15.9 Å². The Morgan fingerprint density at radius 3 is 2.90 bits per heavy atom. The van der Waals surface area contributed by atoms with Crippen LogP contribution in [0.1, 0.15) is 39.8 Å². The van der Waals surface area contributed by atoms with E-state index in [4.69, 9.17) is 0 Å². The Labute approximate surface area is 126 Å². The number of fused-ring (bicyclic) bond motifs is 1. The number of carbonyl (C=O) groups excluding carboxylic acids is 1. The largest absolute Gasteiger partial charge is 0.333 e. The molecule has 0 saturated heterocycles. The Morgan fingerprint density at radius 2 is 2.20 bits per heavy atom. The number of benzene rings is 1. The molecule has 2 aromatic rings. The van der Waals surface area contributed by atoms with Crippen LogP contribution in [0.5, 0.6) is 0 Å². The number of carbonyl (C=O) groups is 1. The lowest BCUT2D eigenvalue weighted by Crippen LogP contribution is -2.30. The number of aromatic amines is 1. The minimum atomic E-state index is -0.0528. The fraction of sp³-hybridized carbons (Fsp3) is 0.333. The molecule has 0 fully saturated rings. The van der Waals surface area contributed by atoms with E-state index >= 15 is 0 Å². The second-order valence-corrected chi connectivity index (χ2v) is 5.97. The molecule has 4 nitrogen and oxygen atoms in total. The van der Waals surface area contributed by atoms with Crippen LogP contribution in [-0.4, -0.2) is 28.1 Å². The summed E-state index contributed by atoms with van der Waals surface area (Å²) in [5, 5.41) is 6.94. The average Bonchev–Trinajstić information content (AvgIpc) is 3.02. The molecule has 1 heterocycles. The van der Waals surface area contributed by atoms with E-state index in [9.17, 15) is 4.79 Å². The third-order valence-corrected chi connectivity index (χ3v) is 4.93. The highest BCUT2D eigenvalue weighted by atomic mass is 79.9. The second-order valence-electron chi connectivity index (χ2n) is 5.18. The van der Waals surface area contributed by atoms with Gasteiger partial charge < -0.3 is 4.90 Å². The molecule has 0 aliphatic heterocycles. The number of aryl methyl sites for hydroxylation is 2. The van der Waals surface area contributed by atoms with E-state index in [1.165, 1.54) is 11.1 Å². The SMILES string of the molecule is Cc1[nH]nc(C(=O)N(C)[C@@H]2CCc3ccccc32)c1Br. The van der Waals surface area contributed by atoms with Crippen molar-refractivity contribution in [1.82, 2.24) is 15.1 Å². The van der Waals surface area contributed by atoms with Gasteiger partial charge in [-0.05, 0) is 46.8 Å². The van der Waals surface area contributed by atoms with Gasteiger partial charge in [-0.25, -0.2) is 0 Å². The van der Waals surface area contributed by atoms with E-state index in [2.05, 4.69) is 44.3 Å². The van der Waals surface area contributed by atoms with E-state index in [0.29, 0.717) is 5.69 Å². The van der Waals surface area contributed by atoms with Crippen LogP contribution in [0.25, 0.3) is 0 Å². The summed E-state index contributed by atoms with van der Waals surface area (Å²) in [6, 6.07) is 8.48. The highest BCUT2D eigenvalue weighted by molar-refractivity contribution is 9.10. The molecular weight excluding hydrogens is 318 g/mol. The summed E-state index contributed by atoms with van der Waals surface area (Å²) in [5.41, 5.74) is 3.92. The summed E-state index contributed by atoms with van der Waals surface area (Å²) in [6.07, 6.45) is 2.00. The van der Waals surface area contributed by atoms with Gasteiger partial charge in [0.25, 0.3) is 5.91 Å². The van der Waals surface area contributed by atoms with Crippen LogP contribution in [-0.2, 0) is 6.42 Å². The van der Waals surface area contributed by atoms with Crippen molar-refractivity contribution < 1.29 is 4.79 Å². The van der Waals surface area contributed by atoms with Crippen LogP contribution in [0.4, 0.5) is 0 Å². The third-order valence-electron chi connectivity index (χ3n) is 3.96. The van der Waals surface area contributed by atoms with Crippen molar-refractivity contribution in [2.24, 2.45) is 0 Å². The molecule has 1 aliphatic carbocycles. The first-order chi connectivity index (χ1) is 9.59. The van der Waals surface area contributed by atoms with Gasteiger partial charge in [-0.15, -0.1) is 0 Å². The summed E-state index contributed by atoms with van der Waals surface area (Å²) in [5.74, 6) is -0.0528. The molecule has 5 heteroatoms. The first kappa shape index (κ1) is 13.4. The lowest BCUT2D eigenvalue weighted by atomic mass is 10.1. The van der Waals surface area contributed by atoms with E-state index in [-0.39, 0.29) is 11.9 Å². The van der Waals surface area contributed by atoms with E-state index in [1.54, 1.807) is 4.90 Å². The van der Waals surface area contributed by atoms with E-state index < -0.39 is 0 Å². The van der Waals surface area contributed by atoms with Gasteiger partial charge >= 0.3 is 0 Å². The van der Waals surface area contributed by atoms with Crippen LogP contribution in [0.3, 0.4) is 0 Å². The number of amides is 1. The molecule has 1 aromatic carbocycles. The van der Waals surface area contributed by atoms with E-state index in [1.807, 2.05) is 20.0 Å². The number of nitrogens with zero attached hydrogens (tertiary/aromatic N) is 2. The number of H-pyrrole nitrogens is 1. The Balaban J connectivity index is 1.89. The molecular formula is C15H16BrN3O. The summed E-state index contributed by atoms with van der Waals surface area (Å²) < 4.78 is 0.751. The highest BCUT2D eigenvalue weighted by Gasteiger charge is 2.30. The molecule has 3 rings (SSSR count). The van der Waals surface area contributed by atoms with Crippen LogP contribution < -0.4 is 0 Å². The fourth-order valence-corrected chi connectivity index (χ4v) is 3.15. The maximum Gasteiger partial charge on any atom is 0.275 e. The van der Waals surface area contributed by atoms with Crippen molar-refractivity contribution in [2.75, 3.05) is 7.05 Å². The van der Waals surface area contributed by atoms with Gasteiger partial charge in [0.2, 0.25) is 0 Å². The fourth-order valence-electron chi connectivity index (χ4n) is 2.80. The number of hydrogen-bond donors (Lipinski definition) is 1. The Hall–Kier alpha value is -1.62. The summed E-state index contributed by atoms with van der Waals surface area (Å²) >= 11 is 3.42. The summed E-state index contributed by atoms with van der Waals surface area (Å²) in [4.78, 5) is 14.4. The Kier molecular flexibility index (Phi) is 3.38. The average molecular weight is 334 g/mol.